The predicted molar refractivity (Wildman–Crippen MR) is 70.7 cm³/mol. The predicted octanol–water partition coefficient (Wildman–Crippen LogP) is 3.28. The molecule has 0 bridgehead atoms. The molecule has 1 aromatic heterocycles. The monoisotopic (exact) mass is 235 g/mol. The van der Waals surface area contributed by atoms with Gasteiger partial charge in [0, 0.05) is 18.4 Å². The molecule has 1 aromatic rings. The molecule has 0 aromatic carbocycles. The Balaban J connectivity index is 1.94. The van der Waals surface area contributed by atoms with E-state index in [0.29, 0.717) is 17.5 Å². The Morgan fingerprint density at radius 1 is 1.47 bits per heavy atom. The van der Waals surface area contributed by atoms with E-state index in [4.69, 9.17) is 0 Å². The van der Waals surface area contributed by atoms with Crippen LogP contribution in [0.5, 0.6) is 0 Å². The third kappa shape index (κ3) is 3.32. The van der Waals surface area contributed by atoms with Gasteiger partial charge in [0.15, 0.2) is 0 Å². The van der Waals surface area contributed by atoms with Crippen molar-refractivity contribution in [1.29, 1.82) is 0 Å². The highest BCUT2D eigenvalue weighted by atomic mass is 15.0. The second-order valence-electron chi connectivity index (χ2n) is 6.47. The molecule has 0 amide bonds. The van der Waals surface area contributed by atoms with Crippen LogP contribution in [0.4, 0.5) is 0 Å². The Morgan fingerprint density at radius 2 is 2.24 bits per heavy atom. The molecule has 1 heterocycles. The number of H-pyrrole nitrogens is 1. The van der Waals surface area contributed by atoms with E-state index in [1.807, 2.05) is 12.4 Å². The summed E-state index contributed by atoms with van der Waals surface area (Å²) in [5.41, 5.74) is 0.470. The highest BCUT2D eigenvalue weighted by molar-refractivity contribution is 4.96. The molecule has 0 radical (unpaired) electrons. The minimum Gasteiger partial charge on any atom is -0.347 e. The molecule has 0 spiro atoms. The topological polar surface area (TPSA) is 40.7 Å². The summed E-state index contributed by atoms with van der Waals surface area (Å²) in [5.74, 6) is 1.86. The van der Waals surface area contributed by atoms with Gasteiger partial charge in [-0.2, -0.15) is 0 Å². The molecule has 3 nitrogen and oxygen atoms in total. The van der Waals surface area contributed by atoms with Gasteiger partial charge in [0.25, 0.3) is 0 Å². The van der Waals surface area contributed by atoms with Gasteiger partial charge in [0.2, 0.25) is 0 Å². The Labute approximate surface area is 104 Å². The Kier molecular flexibility index (Phi) is 3.57. The Morgan fingerprint density at radius 3 is 2.82 bits per heavy atom. The summed E-state index contributed by atoms with van der Waals surface area (Å²) in [6.07, 6.45) is 7.61. The normalized spacial score (nSPS) is 30.1. The van der Waals surface area contributed by atoms with Crippen molar-refractivity contribution in [2.75, 3.05) is 0 Å². The van der Waals surface area contributed by atoms with E-state index in [2.05, 4.69) is 43.0 Å². The van der Waals surface area contributed by atoms with E-state index in [9.17, 15) is 0 Å². The van der Waals surface area contributed by atoms with Crippen LogP contribution in [-0.4, -0.2) is 16.0 Å². The number of nitrogens with zero attached hydrogens (tertiary/aromatic N) is 1. The summed E-state index contributed by atoms with van der Waals surface area (Å²) in [5, 5.41) is 3.71. The van der Waals surface area contributed by atoms with Crippen molar-refractivity contribution in [2.45, 2.75) is 59.0 Å². The van der Waals surface area contributed by atoms with Crippen LogP contribution in [0.25, 0.3) is 0 Å². The summed E-state index contributed by atoms with van der Waals surface area (Å²) in [7, 11) is 0. The Bertz CT molecular complexity index is 342. The lowest BCUT2D eigenvalue weighted by Crippen LogP contribution is -2.41. The van der Waals surface area contributed by atoms with E-state index in [1.165, 1.54) is 19.3 Å². The summed E-state index contributed by atoms with van der Waals surface area (Å²) in [6.45, 7) is 9.32. The molecule has 96 valence electrons. The summed E-state index contributed by atoms with van der Waals surface area (Å²) >= 11 is 0. The molecule has 3 unspecified atom stereocenters. The molecule has 1 saturated carbocycles. The van der Waals surface area contributed by atoms with Gasteiger partial charge in [-0.15, -0.1) is 0 Å². The lowest BCUT2D eigenvalue weighted by atomic mass is 9.70. The number of aromatic amines is 1. The maximum atomic E-state index is 4.32. The number of rotatable bonds is 3. The van der Waals surface area contributed by atoms with E-state index < -0.39 is 0 Å². The van der Waals surface area contributed by atoms with E-state index in [-0.39, 0.29) is 0 Å². The fourth-order valence-electron chi connectivity index (χ4n) is 3.42. The van der Waals surface area contributed by atoms with Gasteiger partial charge in [0.1, 0.15) is 5.82 Å². The largest absolute Gasteiger partial charge is 0.347 e. The highest BCUT2D eigenvalue weighted by Gasteiger charge is 2.32. The molecule has 1 aliphatic rings. The fourth-order valence-corrected chi connectivity index (χ4v) is 3.42. The Hall–Kier alpha value is -0.830. The van der Waals surface area contributed by atoms with E-state index >= 15 is 0 Å². The van der Waals surface area contributed by atoms with Crippen LogP contribution in [0.1, 0.15) is 58.8 Å². The minimum atomic E-state index is 0.316. The van der Waals surface area contributed by atoms with Gasteiger partial charge >= 0.3 is 0 Å². The molecule has 3 heteroatoms. The van der Waals surface area contributed by atoms with Crippen molar-refractivity contribution in [3.05, 3.63) is 18.2 Å². The maximum Gasteiger partial charge on any atom is 0.122 e. The van der Waals surface area contributed by atoms with Crippen LogP contribution >= 0.6 is 0 Å². The first-order chi connectivity index (χ1) is 7.96. The lowest BCUT2D eigenvalue weighted by Gasteiger charge is -2.40. The van der Waals surface area contributed by atoms with Crippen LogP contribution in [0, 0.1) is 11.3 Å². The number of hydrogen-bond acceptors (Lipinski definition) is 2. The average Bonchev–Trinajstić information content (AvgIpc) is 2.65. The van der Waals surface area contributed by atoms with Crippen LogP contribution in [-0.2, 0) is 0 Å². The summed E-state index contributed by atoms with van der Waals surface area (Å²) in [4.78, 5) is 7.50. The molecular weight excluding hydrogens is 210 g/mol. The number of hydrogen-bond donors (Lipinski definition) is 2. The standard InChI is InChI=1S/C14H25N3/c1-10-7-12(9-14(3,4)8-10)17-11(2)13-15-5-6-16-13/h5-6,10-12,17H,7-9H2,1-4H3,(H,15,16). The van der Waals surface area contributed by atoms with Gasteiger partial charge in [0.05, 0.1) is 6.04 Å². The van der Waals surface area contributed by atoms with Crippen molar-refractivity contribution >= 4 is 0 Å². The van der Waals surface area contributed by atoms with Crippen molar-refractivity contribution in [2.24, 2.45) is 11.3 Å². The molecule has 17 heavy (non-hydrogen) atoms. The third-order valence-electron chi connectivity index (χ3n) is 3.80. The first-order valence-corrected chi connectivity index (χ1v) is 6.71. The van der Waals surface area contributed by atoms with Crippen LogP contribution in [0.2, 0.25) is 0 Å². The molecular formula is C14H25N3. The average molecular weight is 235 g/mol. The second-order valence-corrected chi connectivity index (χ2v) is 6.47. The van der Waals surface area contributed by atoms with Crippen molar-refractivity contribution in [3.63, 3.8) is 0 Å². The second kappa shape index (κ2) is 4.81. The van der Waals surface area contributed by atoms with E-state index in [1.54, 1.807) is 0 Å². The summed E-state index contributed by atoms with van der Waals surface area (Å²) in [6, 6.07) is 0.935. The van der Waals surface area contributed by atoms with Crippen molar-refractivity contribution < 1.29 is 0 Å². The zero-order valence-corrected chi connectivity index (χ0v) is 11.5. The van der Waals surface area contributed by atoms with Crippen LogP contribution < -0.4 is 5.32 Å². The summed E-state index contributed by atoms with van der Waals surface area (Å²) < 4.78 is 0. The third-order valence-corrected chi connectivity index (χ3v) is 3.80. The van der Waals surface area contributed by atoms with Gasteiger partial charge in [-0.25, -0.2) is 4.98 Å². The van der Waals surface area contributed by atoms with E-state index in [0.717, 1.165) is 11.7 Å². The SMILES string of the molecule is CC1CC(NC(C)c2ncc[nH]2)CC(C)(C)C1. The molecule has 3 atom stereocenters. The van der Waals surface area contributed by atoms with Gasteiger partial charge in [-0.3, -0.25) is 0 Å². The number of imidazole rings is 1. The highest BCUT2D eigenvalue weighted by Crippen LogP contribution is 2.38. The van der Waals surface area contributed by atoms with Gasteiger partial charge in [-0.1, -0.05) is 20.8 Å². The molecule has 1 aliphatic carbocycles. The van der Waals surface area contributed by atoms with Crippen molar-refractivity contribution in [1.82, 2.24) is 15.3 Å². The van der Waals surface area contributed by atoms with Crippen LogP contribution in [0.3, 0.4) is 0 Å². The van der Waals surface area contributed by atoms with Gasteiger partial charge < -0.3 is 10.3 Å². The smallest absolute Gasteiger partial charge is 0.122 e. The zero-order chi connectivity index (χ0) is 12.5. The molecule has 1 fully saturated rings. The quantitative estimate of drug-likeness (QED) is 0.844. The number of aromatic nitrogens is 2. The molecule has 0 saturated heterocycles. The lowest BCUT2D eigenvalue weighted by molar-refractivity contribution is 0.145. The first-order valence-electron chi connectivity index (χ1n) is 6.71. The molecule has 2 N–H and O–H groups in total. The van der Waals surface area contributed by atoms with Crippen molar-refractivity contribution in [3.8, 4) is 0 Å². The molecule has 2 rings (SSSR count). The maximum absolute atomic E-state index is 4.32. The number of nitrogens with one attached hydrogen (secondary N) is 2. The zero-order valence-electron chi connectivity index (χ0n) is 11.5. The minimum absolute atomic E-state index is 0.316. The molecule has 0 aliphatic heterocycles. The van der Waals surface area contributed by atoms with Crippen LogP contribution in [0.15, 0.2) is 12.4 Å². The fraction of sp³-hybridized carbons (Fsp3) is 0.786. The first kappa shape index (κ1) is 12.6. The van der Waals surface area contributed by atoms with Gasteiger partial charge in [-0.05, 0) is 37.5 Å².